The fourth-order valence-corrected chi connectivity index (χ4v) is 3.43. The van der Waals surface area contributed by atoms with E-state index in [9.17, 15) is 13.0 Å². The maximum atomic E-state index is 11.6. The molecule has 2 aromatic carbocycles. The van der Waals surface area contributed by atoms with Crippen molar-refractivity contribution in [2.24, 2.45) is 5.92 Å². The van der Waals surface area contributed by atoms with E-state index in [1.165, 1.54) is 6.07 Å². The second kappa shape index (κ2) is 6.58. The Bertz CT molecular complexity index is 718. The highest BCUT2D eigenvalue weighted by Gasteiger charge is 2.17. The molecule has 0 aliphatic heterocycles. The molecule has 3 nitrogen and oxygen atoms in total. The Morgan fingerprint density at radius 3 is 2.43 bits per heavy atom. The second-order valence-corrected chi connectivity index (χ2v) is 7.27. The van der Waals surface area contributed by atoms with Crippen LogP contribution in [-0.4, -0.2) is 13.0 Å². The van der Waals surface area contributed by atoms with Crippen LogP contribution in [0.25, 0.3) is 10.8 Å². The van der Waals surface area contributed by atoms with Gasteiger partial charge < -0.3 is 0 Å². The van der Waals surface area contributed by atoms with Gasteiger partial charge in [-0.1, -0.05) is 57.0 Å². The van der Waals surface area contributed by atoms with Gasteiger partial charge in [0.2, 0.25) is 0 Å². The van der Waals surface area contributed by atoms with Crippen molar-refractivity contribution in [3.63, 3.8) is 0 Å². The summed E-state index contributed by atoms with van der Waals surface area (Å²) in [5.41, 5.74) is 0.736. The zero-order chi connectivity index (χ0) is 15.5. The minimum atomic E-state index is -4.18. The Morgan fingerprint density at radius 2 is 1.76 bits per heavy atom. The monoisotopic (exact) mass is 306 g/mol. The fraction of sp³-hybridized carbons (Fsp3) is 0.412. The summed E-state index contributed by atoms with van der Waals surface area (Å²) in [6.45, 7) is 4.36. The lowest BCUT2D eigenvalue weighted by Crippen LogP contribution is -2.04. The lowest BCUT2D eigenvalue weighted by molar-refractivity contribution is 0.481. The zero-order valence-corrected chi connectivity index (χ0v) is 13.4. The molecule has 0 aromatic heterocycles. The van der Waals surface area contributed by atoms with Gasteiger partial charge in [-0.25, -0.2) is 0 Å². The highest BCUT2D eigenvalue weighted by Crippen LogP contribution is 2.27. The zero-order valence-electron chi connectivity index (χ0n) is 12.5. The van der Waals surface area contributed by atoms with Gasteiger partial charge in [0, 0.05) is 0 Å². The van der Waals surface area contributed by atoms with Crippen LogP contribution in [0.15, 0.2) is 41.3 Å². The first-order valence-corrected chi connectivity index (χ1v) is 8.81. The summed E-state index contributed by atoms with van der Waals surface area (Å²) < 4.78 is 32.6. The highest BCUT2D eigenvalue weighted by molar-refractivity contribution is 7.85. The van der Waals surface area contributed by atoms with Crippen molar-refractivity contribution < 1.29 is 13.0 Å². The first-order valence-electron chi connectivity index (χ1n) is 7.37. The average molecular weight is 306 g/mol. The molecular weight excluding hydrogens is 284 g/mol. The number of fused-ring (bicyclic) bond motifs is 1. The molecule has 0 amide bonds. The van der Waals surface area contributed by atoms with Gasteiger partial charge in [-0.15, -0.1) is 0 Å². The number of benzene rings is 2. The van der Waals surface area contributed by atoms with E-state index in [1.807, 2.05) is 24.3 Å². The maximum absolute atomic E-state index is 11.6. The van der Waals surface area contributed by atoms with Crippen molar-refractivity contribution in [3.8, 4) is 0 Å². The predicted octanol–water partition coefficient (Wildman–Crippen LogP) is 4.46. The smallest absolute Gasteiger partial charge is 0.282 e. The summed E-state index contributed by atoms with van der Waals surface area (Å²) in [6, 6.07) is 11.0. The minimum Gasteiger partial charge on any atom is -0.282 e. The Hall–Kier alpha value is -1.39. The molecule has 21 heavy (non-hydrogen) atoms. The first-order chi connectivity index (χ1) is 9.89. The normalized spacial score (nSPS) is 12.2. The minimum absolute atomic E-state index is 0.0470. The van der Waals surface area contributed by atoms with Gasteiger partial charge in [0.1, 0.15) is 0 Å². The molecule has 0 heterocycles. The van der Waals surface area contributed by atoms with E-state index in [1.54, 1.807) is 6.07 Å². The Morgan fingerprint density at radius 1 is 1.05 bits per heavy atom. The molecule has 0 aliphatic carbocycles. The molecule has 114 valence electrons. The maximum Gasteiger partial charge on any atom is 0.294 e. The summed E-state index contributed by atoms with van der Waals surface area (Å²) in [7, 11) is -4.18. The summed E-state index contributed by atoms with van der Waals surface area (Å²) in [5.74, 6) is 0.651. The van der Waals surface area contributed by atoms with Crippen LogP contribution >= 0.6 is 0 Å². The molecule has 0 atom stereocenters. The molecule has 0 bridgehead atoms. The van der Waals surface area contributed by atoms with E-state index < -0.39 is 10.1 Å². The summed E-state index contributed by atoms with van der Waals surface area (Å²) in [5, 5.41) is 1.92. The van der Waals surface area contributed by atoms with Crippen LogP contribution in [0.2, 0.25) is 0 Å². The van der Waals surface area contributed by atoms with Crippen LogP contribution in [0, 0.1) is 5.92 Å². The van der Waals surface area contributed by atoms with Gasteiger partial charge in [0.05, 0.1) is 4.90 Å². The second-order valence-electron chi connectivity index (χ2n) is 5.88. The van der Waals surface area contributed by atoms with Crippen molar-refractivity contribution >= 4 is 20.9 Å². The van der Waals surface area contributed by atoms with Crippen LogP contribution in [-0.2, 0) is 16.5 Å². The molecule has 0 saturated carbocycles. The molecule has 0 aliphatic rings. The third kappa shape index (κ3) is 4.05. The van der Waals surface area contributed by atoms with Gasteiger partial charge >= 0.3 is 0 Å². The van der Waals surface area contributed by atoms with E-state index in [2.05, 4.69) is 13.8 Å². The van der Waals surface area contributed by atoms with Crippen molar-refractivity contribution in [2.45, 2.75) is 44.4 Å². The number of hydrogen-bond acceptors (Lipinski definition) is 2. The SMILES string of the molecule is CC(C)CCCCc1c(S(=O)(=O)O)ccc2ccccc12. The third-order valence-electron chi connectivity index (χ3n) is 3.73. The van der Waals surface area contributed by atoms with Crippen molar-refractivity contribution in [3.05, 3.63) is 42.0 Å². The van der Waals surface area contributed by atoms with E-state index in [-0.39, 0.29) is 4.90 Å². The molecule has 0 spiro atoms. The van der Waals surface area contributed by atoms with Crippen molar-refractivity contribution in [1.29, 1.82) is 0 Å². The van der Waals surface area contributed by atoms with Gasteiger partial charge in [-0.3, -0.25) is 4.55 Å². The van der Waals surface area contributed by atoms with E-state index in [4.69, 9.17) is 0 Å². The third-order valence-corrected chi connectivity index (χ3v) is 4.67. The summed E-state index contributed by atoms with van der Waals surface area (Å²) in [4.78, 5) is 0.0470. The predicted molar refractivity (Wildman–Crippen MR) is 86.2 cm³/mol. The van der Waals surface area contributed by atoms with Crippen LogP contribution in [0.3, 0.4) is 0 Å². The van der Waals surface area contributed by atoms with E-state index in [0.717, 1.165) is 35.6 Å². The number of rotatable bonds is 6. The number of hydrogen-bond donors (Lipinski definition) is 1. The van der Waals surface area contributed by atoms with Crippen LogP contribution in [0.5, 0.6) is 0 Å². The average Bonchev–Trinajstić information content (AvgIpc) is 2.42. The number of aryl methyl sites for hydroxylation is 1. The van der Waals surface area contributed by atoms with Crippen LogP contribution < -0.4 is 0 Å². The van der Waals surface area contributed by atoms with Gasteiger partial charge in [0.15, 0.2) is 0 Å². The van der Waals surface area contributed by atoms with E-state index >= 15 is 0 Å². The molecule has 0 unspecified atom stereocenters. The Kier molecular flexibility index (Phi) is 5.01. The van der Waals surface area contributed by atoms with Gasteiger partial charge in [-0.05, 0) is 41.2 Å². The Labute approximate surface area is 126 Å². The van der Waals surface area contributed by atoms with E-state index in [0.29, 0.717) is 12.3 Å². The first kappa shape index (κ1) is 16.0. The molecular formula is C17H22O3S. The highest BCUT2D eigenvalue weighted by atomic mass is 32.2. The standard InChI is InChI=1S/C17H22O3S/c1-13(2)7-3-5-10-16-15-9-6-4-8-14(15)11-12-17(16)21(18,19)20/h4,6,8-9,11-13H,3,5,7,10H2,1-2H3,(H,18,19,20). The van der Waals surface area contributed by atoms with Gasteiger partial charge in [-0.2, -0.15) is 8.42 Å². The Balaban J connectivity index is 2.37. The fourth-order valence-electron chi connectivity index (χ4n) is 2.67. The van der Waals surface area contributed by atoms with Crippen LogP contribution in [0.4, 0.5) is 0 Å². The summed E-state index contributed by atoms with van der Waals surface area (Å²) in [6.07, 6.45) is 3.79. The summed E-state index contributed by atoms with van der Waals surface area (Å²) >= 11 is 0. The van der Waals surface area contributed by atoms with Gasteiger partial charge in [0.25, 0.3) is 10.1 Å². The number of unbranched alkanes of at least 4 members (excludes halogenated alkanes) is 1. The molecule has 1 N–H and O–H groups in total. The molecule has 2 aromatic rings. The largest absolute Gasteiger partial charge is 0.294 e. The topological polar surface area (TPSA) is 54.4 Å². The van der Waals surface area contributed by atoms with Crippen LogP contribution in [0.1, 0.15) is 38.7 Å². The molecule has 2 rings (SSSR count). The lowest BCUT2D eigenvalue weighted by Gasteiger charge is -2.12. The molecule has 4 heteroatoms. The quantitative estimate of drug-likeness (QED) is 0.633. The molecule has 0 fully saturated rings. The molecule has 0 saturated heterocycles. The van der Waals surface area contributed by atoms with Crippen molar-refractivity contribution in [1.82, 2.24) is 0 Å². The molecule has 0 radical (unpaired) electrons. The lowest BCUT2D eigenvalue weighted by atomic mass is 9.98. The van der Waals surface area contributed by atoms with Crippen molar-refractivity contribution in [2.75, 3.05) is 0 Å².